The molecular formula is C18H20N4O3. The summed E-state index contributed by atoms with van der Waals surface area (Å²) in [6, 6.07) is 6.91. The Morgan fingerprint density at radius 3 is 2.40 bits per heavy atom. The third-order valence-electron chi connectivity index (χ3n) is 4.43. The smallest absolute Gasteiger partial charge is 0.262 e. The molecule has 130 valence electrons. The van der Waals surface area contributed by atoms with Crippen LogP contribution in [0.2, 0.25) is 0 Å². The molecule has 3 rings (SSSR count). The van der Waals surface area contributed by atoms with E-state index in [4.69, 9.17) is 5.73 Å². The first-order chi connectivity index (χ1) is 11.9. The standard InChI is InChI=1S/C18H20N4O3/c1-4-21(5-2)12-7-6-10(3)8-13(12)22-14(23)9-11-15(16(22)19)18(25)20-17(11)24/h6-9H,4-5,19H2,1-3H3,(H,20,24,25). The highest BCUT2D eigenvalue weighted by Gasteiger charge is 2.32. The largest absolute Gasteiger partial charge is 0.384 e. The van der Waals surface area contributed by atoms with Gasteiger partial charge in [-0.05, 0) is 38.5 Å². The van der Waals surface area contributed by atoms with Gasteiger partial charge in [-0.15, -0.1) is 0 Å². The molecule has 7 nitrogen and oxygen atoms in total. The van der Waals surface area contributed by atoms with Crippen molar-refractivity contribution < 1.29 is 9.59 Å². The van der Waals surface area contributed by atoms with Gasteiger partial charge < -0.3 is 10.6 Å². The van der Waals surface area contributed by atoms with Gasteiger partial charge in [-0.3, -0.25) is 24.3 Å². The molecule has 0 atom stereocenters. The molecule has 1 aromatic heterocycles. The van der Waals surface area contributed by atoms with Gasteiger partial charge in [-0.25, -0.2) is 0 Å². The second-order valence-electron chi connectivity index (χ2n) is 5.94. The average molecular weight is 340 g/mol. The SMILES string of the molecule is CCN(CC)c1ccc(C)cc1-n1c(N)c2c(cc1=O)C(=O)NC2=O. The van der Waals surface area contributed by atoms with E-state index in [1.54, 1.807) is 0 Å². The molecule has 2 amide bonds. The van der Waals surface area contributed by atoms with Gasteiger partial charge in [0.25, 0.3) is 17.4 Å². The fraction of sp³-hybridized carbons (Fsp3) is 0.278. The topological polar surface area (TPSA) is 97.4 Å². The molecule has 1 aromatic carbocycles. The molecule has 0 fully saturated rings. The molecule has 0 spiro atoms. The third-order valence-corrected chi connectivity index (χ3v) is 4.43. The van der Waals surface area contributed by atoms with Crippen molar-refractivity contribution in [3.63, 3.8) is 0 Å². The number of amides is 2. The van der Waals surface area contributed by atoms with Gasteiger partial charge in [0.15, 0.2) is 0 Å². The number of carbonyl (C=O) groups excluding carboxylic acids is 2. The maximum Gasteiger partial charge on any atom is 0.262 e. The van der Waals surface area contributed by atoms with Crippen LogP contribution in [0.25, 0.3) is 5.69 Å². The van der Waals surface area contributed by atoms with Crippen LogP contribution in [0.4, 0.5) is 11.5 Å². The van der Waals surface area contributed by atoms with Crippen LogP contribution in [-0.2, 0) is 0 Å². The number of rotatable bonds is 4. The maximum absolute atomic E-state index is 12.7. The second kappa shape index (κ2) is 6.08. The molecule has 25 heavy (non-hydrogen) atoms. The number of aryl methyl sites for hydroxylation is 1. The lowest BCUT2D eigenvalue weighted by Gasteiger charge is -2.26. The Morgan fingerprint density at radius 2 is 1.76 bits per heavy atom. The van der Waals surface area contributed by atoms with Crippen molar-refractivity contribution in [1.82, 2.24) is 9.88 Å². The molecule has 0 unspecified atom stereocenters. The minimum atomic E-state index is -0.593. The number of imide groups is 1. The quantitative estimate of drug-likeness (QED) is 0.821. The first-order valence-electron chi connectivity index (χ1n) is 8.16. The number of nitrogens with two attached hydrogens (primary N) is 1. The fourth-order valence-corrected chi connectivity index (χ4v) is 3.17. The number of nitrogens with one attached hydrogen (secondary N) is 1. The number of benzene rings is 1. The number of aromatic nitrogens is 1. The maximum atomic E-state index is 12.7. The highest BCUT2D eigenvalue weighted by atomic mass is 16.2. The fourth-order valence-electron chi connectivity index (χ4n) is 3.17. The van der Waals surface area contributed by atoms with Crippen LogP contribution >= 0.6 is 0 Å². The normalized spacial score (nSPS) is 12.9. The molecule has 2 heterocycles. The summed E-state index contributed by atoms with van der Waals surface area (Å²) < 4.78 is 1.30. The van der Waals surface area contributed by atoms with E-state index in [-0.39, 0.29) is 16.9 Å². The van der Waals surface area contributed by atoms with E-state index in [1.807, 2.05) is 39.0 Å². The molecule has 1 aliphatic rings. The molecule has 2 aromatic rings. The number of fused-ring (bicyclic) bond motifs is 1. The van der Waals surface area contributed by atoms with Crippen molar-refractivity contribution >= 4 is 23.3 Å². The number of anilines is 2. The van der Waals surface area contributed by atoms with E-state index < -0.39 is 17.4 Å². The van der Waals surface area contributed by atoms with Crippen LogP contribution in [0.1, 0.15) is 40.1 Å². The van der Waals surface area contributed by atoms with Crippen LogP contribution in [0, 0.1) is 6.92 Å². The van der Waals surface area contributed by atoms with E-state index in [9.17, 15) is 14.4 Å². The Morgan fingerprint density at radius 1 is 1.08 bits per heavy atom. The number of pyridine rings is 1. The first kappa shape index (κ1) is 16.8. The van der Waals surface area contributed by atoms with Gasteiger partial charge >= 0.3 is 0 Å². The Bertz CT molecular complexity index is 942. The molecule has 7 heteroatoms. The van der Waals surface area contributed by atoms with Crippen LogP contribution in [-0.4, -0.2) is 29.5 Å². The zero-order valence-electron chi connectivity index (χ0n) is 14.4. The van der Waals surface area contributed by atoms with E-state index in [0.717, 1.165) is 24.3 Å². The molecule has 0 bridgehead atoms. The van der Waals surface area contributed by atoms with Crippen LogP contribution in [0.3, 0.4) is 0 Å². The summed E-state index contributed by atoms with van der Waals surface area (Å²) >= 11 is 0. The molecule has 0 aliphatic carbocycles. The Labute approximate surface area is 145 Å². The Balaban J connectivity index is 2.34. The van der Waals surface area contributed by atoms with Crippen molar-refractivity contribution in [2.45, 2.75) is 20.8 Å². The molecular weight excluding hydrogens is 320 g/mol. The number of nitrogen functional groups attached to an aromatic ring is 1. The Hall–Kier alpha value is -3.09. The predicted octanol–water partition coefficient (Wildman–Crippen LogP) is 1.46. The summed E-state index contributed by atoms with van der Waals surface area (Å²) in [5.41, 5.74) is 8.19. The van der Waals surface area contributed by atoms with Crippen molar-refractivity contribution in [2.24, 2.45) is 0 Å². The minimum absolute atomic E-state index is 0.0233. The van der Waals surface area contributed by atoms with E-state index in [1.165, 1.54) is 10.6 Å². The van der Waals surface area contributed by atoms with Gasteiger partial charge in [-0.1, -0.05) is 6.07 Å². The lowest BCUT2D eigenvalue weighted by Crippen LogP contribution is -2.28. The summed E-state index contributed by atoms with van der Waals surface area (Å²) in [6.07, 6.45) is 0. The van der Waals surface area contributed by atoms with Crippen molar-refractivity contribution in [2.75, 3.05) is 23.7 Å². The number of hydrogen-bond donors (Lipinski definition) is 2. The minimum Gasteiger partial charge on any atom is -0.384 e. The zero-order chi connectivity index (χ0) is 18.3. The lowest BCUT2D eigenvalue weighted by atomic mass is 10.1. The Kier molecular flexibility index (Phi) is 4.08. The second-order valence-corrected chi connectivity index (χ2v) is 5.94. The summed E-state index contributed by atoms with van der Waals surface area (Å²) in [5, 5.41) is 2.18. The average Bonchev–Trinajstić information content (AvgIpc) is 2.84. The summed E-state index contributed by atoms with van der Waals surface area (Å²) in [6.45, 7) is 7.47. The number of carbonyl (C=O) groups is 2. The van der Waals surface area contributed by atoms with Crippen molar-refractivity contribution in [1.29, 1.82) is 0 Å². The van der Waals surface area contributed by atoms with Gasteiger partial charge in [0.2, 0.25) is 0 Å². The van der Waals surface area contributed by atoms with Crippen molar-refractivity contribution in [3.05, 3.63) is 51.3 Å². The molecule has 0 radical (unpaired) electrons. The van der Waals surface area contributed by atoms with Gasteiger partial charge in [0, 0.05) is 19.2 Å². The molecule has 1 aliphatic heterocycles. The number of hydrogen-bond acceptors (Lipinski definition) is 5. The monoisotopic (exact) mass is 340 g/mol. The molecule has 0 saturated carbocycles. The summed E-state index contributed by atoms with van der Waals surface area (Å²) in [5.74, 6) is -1.20. The van der Waals surface area contributed by atoms with Gasteiger partial charge in [-0.2, -0.15) is 0 Å². The predicted molar refractivity (Wildman–Crippen MR) is 96.5 cm³/mol. The zero-order valence-corrected chi connectivity index (χ0v) is 14.4. The van der Waals surface area contributed by atoms with Crippen LogP contribution in [0.5, 0.6) is 0 Å². The summed E-state index contributed by atoms with van der Waals surface area (Å²) in [4.78, 5) is 38.6. The third kappa shape index (κ3) is 2.57. The number of nitrogens with zero attached hydrogens (tertiary/aromatic N) is 2. The van der Waals surface area contributed by atoms with E-state index >= 15 is 0 Å². The van der Waals surface area contributed by atoms with Crippen molar-refractivity contribution in [3.8, 4) is 5.69 Å². The van der Waals surface area contributed by atoms with E-state index in [0.29, 0.717) is 5.69 Å². The van der Waals surface area contributed by atoms with E-state index in [2.05, 4.69) is 10.2 Å². The lowest BCUT2D eigenvalue weighted by molar-refractivity contribution is 0.0880. The first-order valence-corrected chi connectivity index (χ1v) is 8.16. The molecule has 3 N–H and O–H groups in total. The van der Waals surface area contributed by atoms with Gasteiger partial charge in [0.05, 0.1) is 22.5 Å². The van der Waals surface area contributed by atoms with Crippen LogP contribution < -0.4 is 21.5 Å². The summed E-state index contributed by atoms with van der Waals surface area (Å²) in [7, 11) is 0. The van der Waals surface area contributed by atoms with Crippen LogP contribution in [0.15, 0.2) is 29.1 Å². The highest BCUT2D eigenvalue weighted by molar-refractivity contribution is 6.23. The van der Waals surface area contributed by atoms with Gasteiger partial charge in [0.1, 0.15) is 5.82 Å². The highest BCUT2D eigenvalue weighted by Crippen LogP contribution is 2.29. The molecule has 0 saturated heterocycles.